The number of allylic oxidation sites excluding steroid dienone is 4. The number of benzene rings is 2. The average Bonchev–Trinajstić information content (AvgIpc) is 3.02. The lowest BCUT2D eigenvalue weighted by Crippen LogP contribution is -2.16. The van der Waals surface area contributed by atoms with Crippen LogP contribution >= 0.6 is 0 Å². The molecule has 0 radical (unpaired) electrons. The van der Waals surface area contributed by atoms with Crippen molar-refractivity contribution in [1.82, 2.24) is 0 Å². The largest absolute Gasteiger partial charge is 0.224 e. The van der Waals surface area contributed by atoms with Crippen molar-refractivity contribution in [3.05, 3.63) is 95.1 Å². The summed E-state index contributed by atoms with van der Waals surface area (Å²) in [6.07, 6.45) is 10.2. The van der Waals surface area contributed by atoms with E-state index in [1.54, 1.807) is 48.5 Å². The molecule has 0 aliphatic carbocycles. The Morgan fingerprint density at radius 1 is 0.333 bits per heavy atom. The van der Waals surface area contributed by atoms with E-state index < -0.39 is 71.6 Å². The minimum atomic E-state index is -3.50. The van der Waals surface area contributed by atoms with E-state index in [2.05, 4.69) is 124 Å². The summed E-state index contributed by atoms with van der Waals surface area (Å²) in [6, 6.07) is 12.8. The van der Waals surface area contributed by atoms with Gasteiger partial charge in [0, 0.05) is 49.3 Å². The van der Waals surface area contributed by atoms with E-state index in [-0.39, 0.29) is 19.6 Å². The standard InChI is InChI=1S/2C22H30O4S2Si2/c2*1-27(23,24)21(11-9-17-29(3,4)5)19-13-15-20(16-14-19)22(28(2,25)26)12-10-18-30(6,7)8/h2*11-16H,1-8H3/b2*21-11-,22-12-. The molecule has 2 aromatic rings. The normalized spacial score (nSPS) is 13.7. The lowest BCUT2D eigenvalue weighted by Gasteiger charge is -2.08. The molecule has 0 aliphatic heterocycles. The van der Waals surface area contributed by atoms with Crippen molar-refractivity contribution < 1.29 is 33.7 Å². The van der Waals surface area contributed by atoms with E-state index >= 15 is 0 Å². The highest BCUT2D eigenvalue weighted by Crippen LogP contribution is 2.27. The van der Waals surface area contributed by atoms with Crippen LogP contribution in [-0.4, -0.2) is 91.0 Å². The average molecular weight is 958 g/mol. The second kappa shape index (κ2) is 20.9. The van der Waals surface area contributed by atoms with Gasteiger partial charge in [0.05, 0.1) is 19.6 Å². The van der Waals surface area contributed by atoms with Gasteiger partial charge in [0.1, 0.15) is 32.3 Å². The first-order valence-electron chi connectivity index (χ1n) is 18.7. The van der Waals surface area contributed by atoms with Crippen LogP contribution in [0.3, 0.4) is 0 Å². The molecular weight excluding hydrogens is 897 g/mol. The number of hydrogen-bond donors (Lipinski definition) is 0. The Kier molecular flexibility index (Phi) is 18.9. The fraction of sp³-hybridized carbons (Fsp3) is 0.364. The smallest absolute Gasteiger partial charge is 0.176 e. The van der Waals surface area contributed by atoms with Gasteiger partial charge >= 0.3 is 0 Å². The summed E-state index contributed by atoms with van der Waals surface area (Å²) in [7, 11) is -20.6. The molecule has 0 spiro atoms. The van der Waals surface area contributed by atoms with Crippen molar-refractivity contribution in [1.29, 1.82) is 0 Å². The van der Waals surface area contributed by atoms with Crippen LogP contribution in [0, 0.1) is 45.9 Å². The van der Waals surface area contributed by atoms with Crippen molar-refractivity contribution in [2.75, 3.05) is 25.0 Å². The van der Waals surface area contributed by atoms with Crippen LogP contribution in [0.15, 0.2) is 72.8 Å². The summed E-state index contributed by atoms with van der Waals surface area (Å²) in [4.78, 5) is 0.456. The highest BCUT2D eigenvalue weighted by molar-refractivity contribution is 8.00. The van der Waals surface area contributed by atoms with Crippen LogP contribution in [-0.2, 0) is 39.3 Å². The van der Waals surface area contributed by atoms with Gasteiger partial charge in [-0.05, 0) is 22.3 Å². The Hall–Kier alpha value is -3.69. The van der Waals surface area contributed by atoms with Crippen LogP contribution in [0.2, 0.25) is 78.6 Å². The maximum absolute atomic E-state index is 12.3. The van der Waals surface area contributed by atoms with E-state index in [9.17, 15) is 33.7 Å². The molecule has 0 saturated heterocycles. The molecule has 324 valence electrons. The van der Waals surface area contributed by atoms with Gasteiger partial charge in [-0.3, -0.25) is 0 Å². The molecule has 0 unspecified atom stereocenters. The van der Waals surface area contributed by atoms with Gasteiger partial charge in [-0.1, -0.05) is 151 Å². The van der Waals surface area contributed by atoms with E-state index in [0.717, 1.165) is 25.0 Å². The Balaban J connectivity index is 0.000000600. The van der Waals surface area contributed by atoms with Gasteiger partial charge in [-0.2, -0.15) is 0 Å². The van der Waals surface area contributed by atoms with Crippen LogP contribution in [0.5, 0.6) is 0 Å². The predicted molar refractivity (Wildman–Crippen MR) is 269 cm³/mol. The zero-order valence-electron chi connectivity index (χ0n) is 37.8. The summed E-state index contributed by atoms with van der Waals surface area (Å²) < 4.78 is 98.0. The minimum Gasteiger partial charge on any atom is -0.224 e. The molecule has 0 saturated carbocycles. The Morgan fingerprint density at radius 3 is 0.567 bits per heavy atom. The third-order valence-electron chi connectivity index (χ3n) is 7.11. The summed E-state index contributed by atoms with van der Waals surface area (Å²) >= 11 is 0. The third kappa shape index (κ3) is 21.7. The molecular formula is C44H60O8S4Si4. The highest BCUT2D eigenvalue weighted by Gasteiger charge is 2.19. The number of hydrogen-bond acceptors (Lipinski definition) is 8. The Morgan fingerprint density at radius 2 is 0.467 bits per heavy atom. The van der Waals surface area contributed by atoms with Crippen molar-refractivity contribution in [3.8, 4) is 45.9 Å². The molecule has 0 N–H and O–H groups in total. The third-order valence-corrected chi connectivity index (χ3v) is 15.3. The fourth-order valence-corrected chi connectivity index (χ4v) is 9.86. The Labute approximate surface area is 366 Å². The van der Waals surface area contributed by atoms with Gasteiger partial charge in [0.25, 0.3) is 0 Å². The maximum atomic E-state index is 12.3. The molecule has 0 aromatic heterocycles. The van der Waals surface area contributed by atoms with Crippen LogP contribution < -0.4 is 0 Å². The topological polar surface area (TPSA) is 137 Å². The predicted octanol–water partition coefficient (Wildman–Crippen LogP) is 8.44. The molecule has 2 rings (SSSR count). The fourth-order valence-electron chi connectivity index (χ4n) is 4.49. The molecule has 0 bridgehead atoms. The van der Waals surface area contributed by atoms with Gasteiger partial charge < -0.3 is 0 Å². The number of sulfone groups is 4. The second-order valence-electron chi connectivity index (χ2n) is 18.4. The quantitative estimate of drug-likeness (QED) is 0.190. The zero-order valence-corrected chi connectivity index (χ0v) is 45.1. The van der Waals surface area contributed by atoms with Gasteiger partial charge in [0.2, 0.25) is 0 Å². The lowest BCUT2D eigenvalue weighted by molar-refractivity contribution is 0.609. The van der Waals surface area contributed by atoms with Gasteiger partial charge in [-0.25, -0.2) is 33.7 Å². The SMILES string of the molecule is C[Si](C)(C)C#C/C=C(/c1ccc(/C(=C/C#C[Si](C)(C)C)S(C)(=O)=O)cc1)S(C)(=O)=O.C[Si](C)(C)C#C/C=C(/c1ccc(/C(=C/C#C[Si](C)(C)C)S(C)(=O)=O)cc1)S(C)(=O)=O. The van der Waals surface area contributed by atoms with Crippen LogP contribution in [0.4, 0.5) is 0 Å². The lowest BCUT2D eigenvalue weighted by atomic mass is 10.1. The first kappa shape index (κ1) is 54.3. The van der Waals surface area contributed by atoms with Crippen molar-refractivity contribution in [2.45, 2.75) is 78.6 Å². The first-order chi connectivity index (χ1) is 26.8. The molecule has 60 heavy (non-hydrogen) atoms. The van der Waals surface area contributed by atoms with Gasteiger partial charge in [0.15, 0.2) is 39.3 Å². The summed E-state index contributed by atoms with van der Waals surface area (Å²) in [5.41, 5.74) is 14.4. The molecule has 0 heterocycles. The molecule has 8 nitrogen and oxygen atoms in total. The summed E-state index contributed by atoms with van der Waals surface area (Å²) in [6.45, 7) is 24.9. The Bertz CT molecular complexity index is 2370. The zero-order chi connectivity index (χ0) is 46.8. The molecule has 0 atom stereocenters. The van der Waals surface area contributed by atoms with E-state index in [1.165, 1.54) is 24.3 Å². The van der Waals surface area contributed by atoms with Gasteiger partial charge in [-0.15, -0.1) is 22.2 Å². The number of rotatable bonds is 8. The van der Waals surface area contributed by atoms with Crippen molar-refractivity contribution in [2.24, 2.45) is 0 Å². The van der Waals surface area contributed by atoms with Crippen molar-refractivity contribution in [3.63, 3.8) is 0 Å². The van der Waals surface area contributed by atoms with E-state index in [4.69, 9.17) is 0 Å². The molecule has 0 aliphatic rings. The first-order valence-corrected chi connectivity index (χ1v) is 40.3. The van der Waals surface area contributed by atoms with Crippen LogP contribution in [0.1, 0.15) is 22.3 Å². The molecule has 2 aromatic carbocycles. The van der Waals surface area contributed by atoms with E-state index in [0.29, 0.717) is 22.3 Å². The summed E-state index contributed by atoms with van der Waals surface area (Å²) in [5.74, 6) is 11.5. The van der Waals surface area contributed by atoms with E-state index in [1.807, 2.05) is 0 Å². The molecule has 0 fully saturated rings. The minimum absolute atomic E-state index is 0.114. The second-order valence-corrected chi connectivity index (χ2v) is 45.3. The summed E-state index contributed by atoms with van der Waals surface area (Å²) in [5, 5.41) is 0. The molecule has 0 amide bonds. The highest BCUT2D eigenvalue weighted by atomic mass is 32.2. The van der Waals surface area contributed by atoms with Crippen LogP contribution in [0.25, 0.3) is 19.6 Å². The maximum Gasteiger partial charge on any atom is 0.176 e. The molecule has 16 heteroatoms. The van der Waals surface area contributed by atoms with Crippen molar-refractivity contribution >= 4 is 91.3 Å². The monoisotopic (exact) mass is 956 g/mol.